The van der Waals surface area contributed by atoms with E-state index < -0.39 is 23.8 Å². The fourth-order valence-corrected chi connectivity index (χ4v) is 5.32. The van der Waals surface area contributed by atoms with Gasteiger partial charge in [-0.05, 0) is 42.5 Å². The summed E-state index contributed by atoms with van der Waals surface area (Å²) in [5.41, 5.74) is 1.56. The number of likely N-dealkylation sites (tertiary alicyclic amines) is 1. The van der Waals surface area contributed by atoms with Crippen LogP contribution in [-0.4, -0.2) is 76.9 Å². The highest BCUT2D eigenvalue weighted by atomic mass is 16.3. The van der Waals surface area contributed by atoms with Crippen LogP contribution in [0.3, 0.4) is 0 Å². The molecular weight excluding hydrogens is 388 g/mol. The van der Waals surface area contributed by atoms with E-state index in [0.717, 1.165) is 30.1 Å². The molecule has 0 spiro atoms. The second-order valence-electron chi connectivity index (χ2n) is 8.64. The lowest BCUT2D eigenvalue weighted by molar-refractivity contribution is -0.136. The minimum atomic E-state index is -0.945. The fraction of sp³-hybridized carbons (Fsp3) is 0.524. The first-order valence-corrected chi connectivity index (χ1v) is 10.4. The van der Waals surface area contributed by atoms with Gasteiger partial charge < -0.3 is 10.4 Å². The number of carbonyl (C=O) groups excluding carboxylic acids is 4. The Morgan fingerprint density at radius 3 is 2.63 bits per heavy atom. The van der Waals surface area contributed by atoms with Crippen molar-refractivity contribution < 1.29 is 24.3 Å². The number of nitrogens with one attached hydrogen (secondary N) is 2. The van der Waals surface area contributed by atoms with Crippen LogP contribution in [0.25, 0.3) is 0 Å². The Morgan fingerprint density at radius 1 is 1.07 bits per heavy atom. The van der Waals surface area contributed by atoms with Gasteiger partial charge in [0.15, 0.2) is 0 Å². The highest BCUT2D eigenvalue weighted by Gasteiger charge is 2.45. The number of nitrogens with zero attached hydrogens (tertiary/aromatic N) is 2. The number of piperidine rings is 1. The SMILES string of the molecule is O=C1CCC(N2C(=O)c3ccc(CN4CC5CNC(CO)C5C4)cc3C2=O)C(=O)N1. The van der Waals surface area contributed by atoms with Crippen LogP contribution in [0.2, 0.25) is 0 Å². The maximum atomic E-state index is 13.0. The lowest BCUT2D eigenvalue weighted by Crippen LogP contribution is -2.54. The Bertz CT molecular complexity index is 947. The van der Waals surface area contributed by atoms with Crippen molar-refractivity contribution in [2.75, 3.05) is 26.2 Å². The van der Waals surface area contributed by atoms with E-state index in [1.165, 1.54) is 0 Å². The molecule has 4 aliphatic rings. The Kier molecular flexibility index (Phi) is 4.68. The van der Waals surface area contributed by atoms with E-state index in [4.69, 9.17) is 0 Å². The molecule has 3 fully saturated rings. The molecule has 4 aliphatic heterocycles. The zero-order chi connectivity index (χ0) is 21.0. The minimum absolute atomic E-state index is 0.107. The fourth-order valence-electron chi connectivity index (χ4n) is 5.32. The summed E-state index contributed by atoms with van der Waals surface area (Å²) in [6.45, 7) is 3.53. The number of imide groups is 2. The number of hydrogen-bond donors (Lipinski definition) is 3. The smallest absolute Gasteiger partial charge is 0.262 e. The molecule has 3 saturated heterocycles. The lowest BCUT2D eigenvalue weighted by atomic mass is 9.95. The van der Waals surface area contributed by atoms with Crippen LogP contribution >= 0.6 is 0 Å². The summed E-state index contributed by atoms with van der Waals surface area (Å²) >= 11 is 0. The average Bonchev–Trinajstić information content (AvgIpc) is 3.35. The molecule has 1 aromatic carbocycles. The molecule has 4 atom stereocenters. The number of carbonyl (C=O) groups is 4. The minimum Gasteiger partial charge on any atom is -0.395 e. The molecule has 0 bridgehead atoms. The van der Waals surface area contributed by atoms with Crippen molar-refractivity contribution in [2.24, 2.45) is 11.8 Å². The van der Waals surface area contributed by atoms with Crippen molar-refractivity contribution in [2.45, 2.75) is 31.5 Å². The van der Waals surface area contributed by atoms with Gasteiger partial charge in [-0.25, -0.2) is 0 Å². The van der Waals surface area contributed by atoms with E-state index in [9.17, 15) is 24.3 Å². The van der Waals surface area contributed by atoms with Crippen molar-refractivity contribution >= 4 is 23.6 Å². The molecule has 30 heavy (non-hydrogen) atoms. The normalized spacial score (nSPS) is 31.3. The Labute approximate surface area is 173 Å². The largest absolute Gasteiger partial charge is 0.395 e. The van der Waals surface area contributed by atoms with Crippen molar-refractivity contribution in [3.05, 3.63) is 34.9 Å². The van der Waals surface area contributed by atoms with Crippen LogP contribution < -0.4 is 10.6 Å². The number of aliphatic hydroxyl groups excluding tert-OH is 1. The van der Waals surface area contributed by atoms with Gasteiger partial charge in [0.25, 0.3) is 11.8 Å². The number of rotatable bonds is 4. The third-order valence-corrected chi connectivity index (χ3v) is 6.83. The zero-order valence-corrected chi connectivity index (χ0v) is 16.5. The molecule has 5 rings (SSSR count). The van der Waals surface area contributed by atoms with Gasteiger partial charge in [0.05, 0.1) is 17.7 Å². The monoisotopic (exact) mass is 412 g/mol. The molecule has 4 amide bonds. The Balaban J connectivity index is 1.32. The number of benzene rings is 1. The van der Waals surface area contributed by atoms with Gasteiger partial charge >= 0.3 is 0 Å². The van der Waals surface area contributed by atoms with Crippen molar-refractivity contribution in [3.8, 4) is 0 Å². The van der Waals surface area contributed by atoms with Gasteiger partial charge in [0, 0.05) is 32.1 Å². The molecule has 0 aliphatic carbocycles. The predicted molar refractivity (Wildman–Crippen MR) is 104 cm³/mol. The topological polar surface area (TPSA) is 119 Å². The standard InChI is InChI=1S/C21H24N4O5/c26-10-16-15-9-24(8-12(15)6-22-16)7-11-1-2-13-14(5-11)21(30)25(20(13)29)17-3-4-18(27)23-19(17)28/h1-2,5,12,15-17,22,26H,3-4,6-10H2,(H,23,27,28). The lowest BCUT2D eigenvalue weighted by Gasteiger charge is -2.27. The number of amides is 4. The van der Waals surface area contributed by atoms with Crippen molar-refractivity contribution in [1.29, 1.82) is 0 Å². The molecular formula is C21H24N4O5. The van der Waals surface area contributed by atoms with Crippen molar-refractivity contribution in [1.82, 2.24) is 20.4 Å². The maximum absolute atomic E-state index is 13.0. The molecule has 0 saturated carbocycles. The first kappa shape index (κ1) is 19.3. The van der Waals surface area contributed by atoms with Crippen LogP contribution in [0.4, 0.5) is 0 Å². The molecule has 0 radical (unpaired) electrons. The van der Waals surface area contributed by atoms with Gasteiger partial charge in [0.1, 0.15) is 6.04 Å². The first-order chi connectivity index (χ1) is 14.5. The highest BCUT2D eigenvalue weighted by molar-refractivity contribution is 6.23. The van der Waals surface area contributed by atoms with Gasteiger partial charge in [-0.2, -0.15) is 0 Å². The number of hydrogen-bond acceptors (Lipinski definition) is 7. The van der Waals surface area contributed by atoms with E-state index in [1.54, 1.807) is 12.1 Å². The van der Waals surface area contributed by atoms with Gasteiger partial charge in [-0.1, -0.05) is 6.07 Å². The Hall–Kier alpha value is -2.62. The number of fused-ring (bicyclic) bond motifs is 2. The second kappa shape index (κ2) is 7.26. The third-order valence-electron chi connectivity index (χ3n) is 6.83. The van der Waals surface area contributed by atoms with Crippen LogP contribution in [0.15, 0.2) is 18.2 Å². The summed E-state index contributed by atoms with van der Waals surface area (Å²) in [7, 11) is 0. The summed E-state index contributed by atoms with van der Waals surface area (Å²) < 4.78 is 0. The van der Waals surface area contributed by atoms with E-state index in [0.29, 0.717) is 29.5 Å². The van der Waals surface area contributed by atoms with Crippen LogP contribution in [0, 0.1) is 11.8 Å². The molecule has 3 N–H and O–H groups in total. The quantitative estimate of drug-likeness (QED) is 0.549. The zero-order valence-electron chi connectivity index (χ0n) is 16.5. The molecule has 158 valence electrons. The average molecular weight is 412 g/mol. The highest BCUT2D eigenvalue weighted by Crippen LogP contribution is 2.33. The van der Waals surface area contributed by atoms with E-state index in [1.807, 2.05) is 6.07 Å². The predicted octanol–water partition coefficient (Wildman–Crippen LogP) is -0.900. The van der Waals surface area contributed by atoms with E-state index in [-0.39, 0.29) is 31.4 Å². The molecule has 0 aromatic heterocycles. The second-order valence-corrected chi connectivity index (χ2v) is 8.64. The Morgan fingerprint density at radius 2 is 1.87 bits per heavy atom. The summed E-state index contributed by atoms with van der Waals surface area (Å²) in [5.74, 6) is -1.00. The molecule has 4 unspecified atom stereocenters. The van der Waals surface area contributed by atoms with Crippen LogP contribution in [-0.2, 0) is 16.1 Å². The summed E-state index contributed by atoms with van der Waals surface area (Å²) in [5, 5.41) is 15.1. The molecule has 9 heteroatoms. The summed E-state index contributed by atoms with van der Waals surface area (Å²) in [6.07, 6.45) is 0.260. The van der Waals surface area contributed by atoms with E-state index in [2.05, 4.69) is 15.5 Å². The molecule has 4 heterocycles. The number of aliphatic hydroxyl groups is 1. The maximum Gasteiger partial charge on any atom is 0.262 e. The molecule has 9 nitrogen and oxygen atoms in total. The summed E-state index contributed by atoms with van der Waals surface area (Å²) in [4.78, 5) is 52.6. The molecule has 1 aromatic rings. The van der Waals surface area contributed by atoms with Gasteiger partial charge in [0.2, 0.25) is 11.8 Å². The van der Waals surface area contributed by atoms with Crippen LogP contribution in [0.1, 0.15) is 39.1 Å². The van der Waals surface area contributed by atoms with E-state index >= 15 is 0 Å². The van der Waals surface area contributed by atoms with Gasteiger partial charge in [-0.15, -0.1) is 0 Å². The van der Waals surface area contributed by atoms with Crippen molar-refractivity contribution in [3.63, 3.8) is 0 Å². The van der Waals surface area contributed by atoms with Crippen LogP contribution in [0.5, 0.6) is 0 Å². The summed E-state index contributed by atoms with van der Waals surface area (Å²) in [6, 6.07) is 4.46. The first-order valence-electron chi connectivity index (χ1n) is 10.4. The third kappa shape index (κ3) is 3.05. The van der Waals surface area contributed by atoms with Gasteiger partial charge in [-0.3, -0.25) is 34.3 Å².